The van der Waals surface area contributed by atoms with Crippen molar-refractivity contribution in [3.8, 4) is 0 Å². The van der Waals surface area contributed by atoms with Crippen LogP contribution in [-0.2, 0) is 11.3 Å². The van der Waals surface area contributed by atoms with Crippen LogP contribution in [0.5, 0.6) is 0 Å². The summed E-state index contributed by atoms with van der Waals surface area (Å²) in [4.78, 5) is 22.5. The van der Waals surface area contributed by atoms with Gasteiger partial charge >= 0.3 is 0 Å². The summed E-state index contributed by atoms with van der Waals surface area (Å²) < 4.78 is 6.99. The second-order valence-corrected chi connectivity index (χ2v) is 4.89. The van der Waals surface area contributed by atoms with Gasteiger partial charge in [0.25, 0.3) is 11.3 Å². The van der Waals surface area contributed by atoms with Crippen molar-refractivity contribution in [3.05, 3.63) is 28.4 Å². The van der Waals surface area contributed by atoms with Crippen LogP contribution in [0.2, 0.25) is 0 Å². The minimum absolute atomic E-state index is 0.137. The molecule has 1 fully saturated rings. The molecule has 8 heteroatoms. The molecule has 20 heavy (non-hydrogen) atoms. The fourth-order valence-corrected chi connectivity index (χ4v) is 2.45. The van der Waals surface area contributed by atoms with Crippen molar-refractivity contribution in [2.24, 2.45) is 0 Å². The predicted molar refractivity (Wildman–Crippen MR) is 72.6 cm³/mol. The highest BCUT2D eigenvalue weighted by Crippen LogP contribution is 2.08. The molecule has 0 saturated carbocycles. The summed E-state index contributed by atoms with van der Waals surface area (Å²) >= 11 is 0. The molecule has 108 valence electrons. The normalized spacial score (nSPS) is 20.6. The summed E-state index contributed by atoms with van der Waals surface area (Å²) in [5, 5.41) is 5.85. The molecule has 1 unspecified atom stereocenters. The Kier molecular flexibility index (Phi) is 3.77. The largest absolute Gasteiger partial charge is 0.374 e. The Labute approximate surface area is 115 Å². The zero-order valence-corrected chi connectivity index (χ0v) is 11.4. The van der Waals surface area contributed by atoms with E-state index < -0.39 is 0 Å². The van der Waals surface area contributed by atoms with Gasteiger partial charge in [-0.15, -0.1) is 0 Å². The van der Waals surface area contributed by atoms with Gasteiger partial charge in [-0.3, -0.25) is 14.8 Å². The first-order valence-electron chi connectivity index (χ1n) is 6.67. The van der Waals surface area contributed by atoms with Gasteiger partial charge in [0.1, 0.15) is 6.33 Å². The molecule has 1 atom stereocenters. The number of H-pyrrole nitrogens is 1. The van der Waals surface area contributed by atoms with Crippen molar-refractivity contribution in [3.63, 3.8) is 0 Å². The summed E-state index contributed by atoms with van der Waals surface area (Å²) in [6.07, 6.45) is 1.65. The van der Waals surface area contributed by atoms with Crippen molar-refractivity contribution < 1.29 is 4.74 Å². The quantitative estimate of drug-likeness (QED) is 0.733. The zero-order chi connectivity index (χ0) is 13.9. The third-order valence-electron chi connectivity index (χ3n) is 3.36. The Morgan fingerprint density at radius 2 is 2.50 bits per heavy atom. The number of morpholine rings is 1. The molecule has 8 nitrogen and oxygen atoms in total. The highest BCUT2D eigenvalue weighted by atomic mass is 16.5. The molecule has 0 bridgehead atoms. The molecule has 0 radical (unpaired) electrons. The maximum absolute atomic E-state index is 11.9. The molecule has 1 aliphatic rings. The number of nitrogens with one attached hydrogen (secondary N) is 2. The number of aromatic nitrogens is 4. The maximum atomic E-state index is 11.9. The summed E-state index contributed by atoms with van der Waals surface area (Å²) in [6.45, 7) is 3.85. The molecular weight excluding hydrogens is 260 g/mol. The number of likely N-dealkylation sites (N-methyl/N-ethyl adjacent to an activating group) is 1. The van der Waals surface area contributed by atoms with Crippen LogP contribution in [0.15, 0.2) is 17.2 Å². The van der Waals surface area contributed by atoms with Crippen LogP contribution in [0.25, 0.3) is 5.78 Å². The van der Waals surface area contributed by atoms with Gasteiger partial charge in [0.05, 0.1) is 18.4 Å². The lowest BCUT2D eigenvalue weighted by Gasteiger charge is -2.32. The Morgan fingerprint density at radius 1 is 1.60 bits per heavy atom. The van der Waals surface area contributed by atoms with E-state index in [4.69, 9.17) is 4.74 Å². The van der Waals surface area contributed by atoms with Crippen molar-refractivity contribution in [1.82, 2.24) is 29.8 Å². The van der Waals surface area contributed by atoms with Crippen LogP contribution in [0, 0.1) is 0 Å². The van der Waals surface area contributed by atoms with Gasteiger partial charge in [-0.2, -0.15) is 4.52 Å². The summed E-state index contributed by atoms with van der Waals surface area (Å²) in [6, 6.07) is 1.55. The average molecular weight is 278 g/mol. The van der Waals surface area contributed by atoms with Crippen LogP contribution in [0.1, 0.15) is 5.69 Å². The van der Waals surface area contributed by atoms with E-state index >= 15 is 0 Å². The number of aromatic amines is 1. The minimum atomic E-state index is -0.137. The maximum Gasteiger partial charge on any atom is 0.274 e. The van der Waals surface area contributed by atoms with E-state index in [-0.39, 0.29) is 11.7 Å². The number of fused-ring (bicyclic) bond motifs is 1. The second-order valence-electron chi connectivity index (χ2n) is 4.89. The average Bonchev–Trinajstić information content (AvgIpc) is 2.88. The Morgan fingerprint density at radius 3 is 3.35 bits per heavy atom. The monoisotopic (exact) mass is 278 g/mol. The Bertz CT molecular complexity index is 634. The van der Waals surface area contributed by atoms with Crippen LogP contribution in [-0.4, -0.2) is 63.9 Å². The Balaban J connectivity index is 1.73. The molecule has 1 aliphatic heterocycles. The molecule has 1 saturated heterocycles. The molecular formula is C12H18N6O2. The van der Waals surface area contributed by atoms with E-state index in [1.165, 1.54) is 10.8 Å². The lowest BCUT2D eigenvalue weighted by atomic mass is 10.2. The van der Waals surface area contributed by atoms with E-state index in [2.05, 4.69) is 25.3 Å². The third-order valence-corrected chi connectivity index (χ3v) is 3.36. The van der Waals surface area contributed by atoms with Gasteiger partial charge in [0, 0.05) is 32.2 Å². The van der Waals surface area contributed by atoms with E-state index in [1.54, 1.807) is 6.07 Å². The van der Waals surface area contributed by atoms with Crippen molar-refractivity contribution in [2.75, 3.05) is 33.3 Å². The summed E-state index contributed by atoms with van der Waals surface area (Å²) in [7, 11) is 1.91. The number of rotatable bonds is 4. The number of hydrogen-bond acceptors (Lipinski definition) is 6. The van der Waals surface area contributed by atoms with E-state index in [1.807, 2.05) is 7.05 Å². The molecule has 2 N–H and O–H groups in total. The molecule has 2 aromatic rings. The molecule has 0 amide bonds. The van der Waals surface area contributed by atoms with Gasteiger partial charge in [0.2, 0.25) is 0 Å². The topological polar surface area (TPSA) is 87.6 Å². The second kappa shape index (κ2) is 5.70. The van der Waals surface area contributed by atoms with Gasteiger partial charge in [0.15, 0.2) is 0 Å². The van der Waals surface area contributed by atoms with Crippen molar-refractivity contribution >= 4 is 5.78 Å². The van der Waals surface area contributed by atoms with Gasteiger partial charge in [-0.1, -0.05) is 0 Å². The van der Waals surface area contributed by atoms with Crippen LogP contribution in [0.4, 0.5) is 0 Å². The fraction of sp³-hybridized carbons (Fsp3) is 0.583. The first-order valence-corrected chi connectivity index (χ1v) is 6.67. The standard InChI is InChI=1S/C12H18N6O2/c1-13-5-10-7-17(2-3-20-10)6-9-4-11(19)18-12(16-9)14-8-15-18/h4,8,10,13H,2-3,5-7H2,1H3,(H,14,15,16). The lowest BCUT2D eigenvalue weighted by molar-refractivity contribution is -0.0294. The number of ether oxygens (including phenoxy) is 1. The summed E-state index contributed by atoms with van der Waals surface area (Å²) in [5.74, 6) is 0.410. The molecule has 3 rings (SSSR count). The van der Waals surface area contributed by atoms with Gasteiger partial charge < -0.3 is 10.1 Å². The van der Waals surface area contributed by atoms with Crippen molar-refractivity contribution in [2.45, 2.75) is 12.6 Å². The van der Waals surface area contributed by atoms with E-state index in [9.17, 15) is 4.79 Å². The Hall–Kier alpha value is -1.77. The lowest BCUT2D eigenvalue weighted by Crippen LogP contribution is -2.45. The number of hydrogen-bond donors (Lipinski definition) is 2. The van der Waals surface area contributed by atoms with Gasteiger partial charge in [-0.25, -0.2) is 9.97 Å². The minimum Gasteiger partial charge on any atom is -0.374 e. The SMILES string of the molecule is CNCC1CN(Cc2cc(=O)n3[nH]cnc3n2)CCO1. The zero-order valence-electron chi connectivity index (χ0n) is 11.4. The smallest absolute Gasteiger partial charge is 0.274 e. The summed E-state index contributed by atoms with van der Waals surface area (Å²) in [5.41, 5.74) is 0.606. The van der Waals surface area contributed by atoms with Gasteiger partial charge in [-0.05, 0) is 7.05 Å². The molecule has 3 heterocycles. The first-order chi connectivity index (χ1) is 9.76. The van der Waals surface area contributed by atoms with Crippen LogP contribution in [0.3, 0.4) is 0 Å². The van der Waals surface area contributed by atoms with E-state index in [0.717, 1.165) is 25.3 Å². The molecule has 0 aromatic carbocycles. The third kappa shape index (κ3) is 2.72. The van der Waals surface area contributed by atoms with Crippen LogP contribution < -0.4 is 10.9 Å². The van der Waals surface area contributed by atoms with Crippen LogP contribution >= 0.6 is 0 Å². The molecule has 2 aromatic heterocycles. The highest BCUT2D eigenvalue weighted by Gasteiger charge is 2.20. The highest BCUT2D eigenvalue weighted by molar-refractivity contribution is 5.25. The first kappa shape index (κ1) is 13.2. The van der Waals surface area contributed by atoms with Crippen molar-refractivity contribution in [1.29, 1.82) is 0 Å². The fourth-order valence-electron chi connectivity index (χ4n) is 2.45. The molecule has 0 spiro atoms. The number of nitrogens with zero attached hydrogens (tertiary/aromatic N) is 4. The molecule has 0 aliphatic carbocycles. The van der Waals surface area contributed by atoms with E-state index in [0.29, 0.717) is 18.9 Å². The predicted octanol–water partition coefficient (Wildman–Crippen LogP) is -1.16.